The molecular weight excluding hydrogens is 348 g/mol. The van der Waals surface area contributed by atoms with Gasteiger partial charge >= 0.3 is 0 Å². The van der Waals surface area contributed by atoms with Crippen molar-refractivity contribution in [2.45, 2.75) is 25.2 Å². The minimum Gasteiger partial charge on any atom is -0.354 e. The first-order valence-corrected chi connectivity index (χ1v) is 9.63. The average molecular weight is 371 g/mol. The molecule has 1 N–H and O–H groups in total. The van der Waals surface area contributed by atoms with E-state index in [2.05, 4.69) is 21.4 Å². The van der Waals surface area contributed by atoms with E-state index in [0.717, 1.165) is 43.9 Å². The predicted molar refractivity (Wildman–Crippen MR) is 102 cm³/mol. The maximum absolute atomic E-state index is 12.8. The van der Waals surface area contributed by atoms with Gasteiger partial charge in [0.05, 0.1) is 0 Å². The number of rotatable bonds is 5. The van der Waals surface area contributed by atoms with Crippen LogP contribution < -0.4 is 5.32 Å². The molecule has 1 aromatic carbocycles. The lowest BCUT2D eigenvalue weighted by Crippen LogP contribution is -2.40. The van der Waals surface area contributed by atoms with Crippen molar-refractivity contribution in [1.82, 2.24) is 14.9 Å². The molecule has 26 heavy (non-hydrogen) atoms. The lowest BCUT2D eigenvalue weighted by atomic mass is 9.96. The van der Waals surface area contributed by atoms with Crippen molar-refractivity contribution in [2.75, 3.05) is 25.0 Å². The molecular formula is C20H23ClN4O. The highest BCUT2D eigenvalue weighted by atomic mass is 35.5. The Kier molecular flexibility index (Phi) is 5.07. The summed E-state index contributed by atoms with van der Waals surface area (Å²) in [5.41, 5.74) is 1.19. The van der Waals surface area contributed by atoms with Crippen LogP contribution in [-0.2, 0) is 4.79 Å². The number of piperidine rings is 1. The van der Waals surface area contributed by atoms with Crippen molar-refractivity contribution in [3.8, 4) is 0 Å². The molecule has 2 atom stereocenters. The zero-order chi connectivity index (χ0) is 17.9. The first-order valence-electron chi connectivity index (χ1n) is 9.26. The second-order valence-corrected chi connectivity index (χ2v) is 7.66. The second-order valence-electron chi connectivity index (χ2n) is 7.23. The average Bonchev–Trinajstić information content (AvgIpc) is 3.48. The molecule has 1 amide bonds. The molecule has 136 valence electrons. The molecule has 2 aliphatic rings. The smallest absolute Gasteiger partial charge is 0.226 e. The molecule has 4 rings (SSSR count). The van der Waals surface area contributed by atoms with Gasteiger partial charge in [-0.25, -0.2) is 9.97 Å². The summed E-state index contributed by atoms with van der Waals surface area (Å²) in [5, 5.41) is 4.04. The Bertz CT molecular complexity index is 761. The molecule has 5 nitrogen and oxygen atoms in total. The SMILES string of the molecule is O=C(C1CC1c1cccc(Cl)c1)N1CCC(CNc2ncccn2)CC1. The first kappa shape index (κ1) is 17.3. The highest BCUT2D eigenvalue weighted by Gasteiger charge is 2.46. The molecule has 2 heterocycles. The van der Waals surface area contributed by atoms with E-state index in [9.17, 15) is 4.79 Å². The number of carbonyl (C=O) groups is 1. The summed E-state index contributed by atoms with van der Waals surface area (Å²) in [6, 6.07) is 9.72. The van der Waals surface area contributed by atoms with Crippen molar-refractivity contribution in [3.63, 3.8) is 0 Å². The monoisotopic (exact) mass is 370 g/mol. The van der Waals surface area contributed by atoms with Gasteiger partial charge in [-0.15, -0.1) is 0 Å². The summed E-state index contributed by atoms with van der Waals surface area (Å²) in [7, 11) is 0. The maximum atomic E-state index is 12.8. The number of halogens is 1. The standard InChI is InChI=1S/C20H23ClN4O/c21-16-4-1-3-15(11-16)17-12-18(17)19(26)25-9-5-14(6-10-25)13-24-20-22-7-2-8-23-20/h1-4,7-8,11,14,17-18H,5-6,9-10,12-13H2,(H,22,23,24). The van der Waals surface area contributed by atoms with E-state index in [0.29, 0.717) is 23.7 Å². The molecule has 2 unspecified atom stereocenters. The van der Waals surface area contributed by atoms with E-state index in [-0.39, 0.29) is 5.92 Å². The summed E-state index contributed by atoms with van der Waals surface area (Å²) in [6.07, 6.45) is 6.48. The molecule has 0 bridgehead atoms. The summed E-state index contributed by atoms with van der Waals surface area (Å²) in [5.74, 6) is 2.03. The van der Waals surface area contributed by atoms with Gasteiger partial charge in [-0.05, 0) is 54.9 Å². The van der Waals surface area contributed by atoms with Crippen molar-refractivity contribution >= 4 is 23.5 Å². The molecule has 6 heteroatoms. The van der Waals surface area contributed by atoms with E-state index < -0.39 is 0 Å². The second kappa shape index (κ2) is 7.62. The Hall–Kier alpha value is -2.14. The van der Waals surface area contributed by atoms with Crippen LogP contribution in [0.15, 0.2) is 42.7 Å². The minimum atomic E-state index is 0.140. The van der Waals surface area contributed by atoms with Gasteiger partial charge in [0.1, 0.15) is 0 Å². The lowest BCUT2D eigenvalue weighted by Gasteiger charge is -2.32. The number of benzene rings is 1. The fourth-order valence-electron chi connectivity index (χ4n) is 3.79. The van der Waals surface area contributed by atoms with E-state index in [4.69, 9.17) is 11.6 Å². The van der Waals surface area contributed by atoms with Gasteiger partial charge in [0, 0.05) is 43.0 Å². The van der Waals surface area contributed by atoms with Crippen LogP contribution in [0.3, 0.4) is 0 Å². The Morgan fingerprint density at radius 3 is 2.69 bits per heavy atom. The third-order valence-corrected chi connectivity index (χ3v) is 5.66. The molecule has 2 aromatic rings. The summed E-state index contributed by atoms with van der Waals surface area (Å²) in [6.45, 7) is 2.56. The van der Waals surface area contributed by atoms with Gasteiger partial charge in [0.15, 0.2) is 0 Å². The Morgan fingerprint density at radius 2 is 1.96 bits per heavy atom. The molecule has 1 saturated heterocycles. The van der Waals surface area contributed by atoms with Crippen molar-refractivity contribution < 1.29 is 4.79 Å². The van der Waals surface area contributed by atoms with Gasteiger partial charge in [0.25, 0.3) is 0 Å². The highest BCUT2D eigenvalue weighted by molar-refractivity contribution is 6.30. The summed E-state index contributed by atoms with van der Waals surface area (Å²) >= 11 is 6.07. The van der Waals surface area contributed by atoms with E-state index in [1.54, 1.807) is 12.4 Å². The minimum absolute atomic E-state index is 0.140. The van der Waals surface area contributed by atoms with Crippen LogP contribution in [-0.4, -0.2) is 40.4 Å². The zero-order valence-electron chi connectivity index (χ0n) is 14.6. The van der Waals surface area contributed by atoms with Crippen LogP contribution in [0, 0.1) is 11.8 Å². The number of likely N-dealkylation sites (tertiary alicyclic amines) is 1. The number of nitrogens with zero attached hydrogens (tertiary/aromatic N) is 3. The largest absolute Gasteiger partial charge is 0.354 e. The zero-order valence-corrected chi connectivity index (χ0v) is 15.4. The number of anilines is 1. The van der Waals surface area contributed by atoms with E-state index in [1.165, 1.54) is 5.56 Å². The fourth-order valence-corrected chi connectivity index (χ4v) is 3.99. The number of aromatic nitrogens is 2. The molecule has 0 radical (unpaired) electrons. The van der Waals surface area contributed by atoms with Crippen LogP contribution in [0.1, 0.15) is 30.7 Å². The lowest BCUT2D eigenvalue weighted by molar-refractivity contribution is -0.134. The number of nitrogens with one attached hydrogen (secondary N) is 1. The van der Waals surface area contributed by atoms with Gasteiger partial charge in [-0.3, -0.25) is 4.79 Å². The van der Waals surface area contributed by atoms with E-state index >= 15 is 0 Å². The van der Waals surface area contributed by atoms with Crippen LogP contribution >= 0.6 is 11.6 Å². The number of amides is 1. The molecule has 1 saturated carbocycles. The Balaban J connectivity index is 1.24. The fraction of sp³-hybridized carbons (Fsp3) is 0.450. The molecule has 1 aromatic heterocycles. The quantitative estimate of drug-likeness (QED) is 0.873. The van der Waals surface area contributed by atoms with Crippen LogP contribution in [0.4, 0.5) is 5.95 Å². The van der Waals surface area contributed by atoms with Gasteiger partial charge in [0.2, 0.25) is 11.9 Å². The van der Waals surface area contributed by atoms with Crippen molar-refractivity contribution in [3.05, 3.63) is 53.3 Å². The van der Waals surface area contributed by atoms with Crippen LogP contribution in [0.2, 0.25) is 5.02 Å². The Labute approximate surface area is 158 Å². The number of hydrogen-bond donors (Lipinski definition) is 1. The normalized spacial score (nSPS) is 22.9. The Morgan fingerprint density at radius 1 is 1.19 bits per heavy atom. The van der Waals surface area contributed by atoms with Crippen LogP contribution in [0.25, 0.3) is 0 Å². The van der Waals surface area contributed by atoms with Gasteiger partial charge < -0.3 is 10.2 Å². The predicted octanol–water partition coefficient (Wildman–Crippen LogP) is 3.58. The molecule has 1 aliphatic carbocycles. The summed E-state index contributed by atoms with van der Waals surface area (Å²) < 4.78 is 0. The van der Waals surface area contributed by atoms with Crippen LogP contribution in [0.5, 0.6) is 0 Å². The highest BCUT2D eigenvalue weighted by Crippen LogP contribution is 2.49. The molecule has 0 spiro atoms. The van der Waals surface area contributed by atoms with Crippen molar-refractivity contribution in [1.29, 1.82) is 0 Å². The number of carbonyl (C=O) groups excluding carboxylic acids is 1. The van der Waals surface area contributed by atoms with E-state index in [1.807, 2.05) is 29.2 Å². The first-order chi connectivity index (χ1) is 12.7. The third-order valence-electron chi connectivity index (χ3n) is 5.43. The third kappa shape index (κ3) is 3.98. The van der Waals surface area contributed by atoms with Gasteiger partial charge in [-0.2, -0.15) is 0 Å². The van der Waals surface area contributed by atoms with Crippen molar-refractivity contribution in [2.24, 2.45) is 11.8 Å². The summed E-state index contributed by atoms with van der Waals surface area (Å²) in [4.78, 5) is 23.2. The van der Waals surface area contributed by atoms with Gasteiger partial charge in [-0.1, -0.05) is 23.7 Å². The number of hydrogen-bond acceptors (Lipinski definition) is 4. The molecule has 1 aliphatic heterocycles. The molecule has 2 fully saturated rings. The maximum Gasteiger partial charge on any atom is 0.226 e. The topological polar surface area (TPSA) is 58.1 Å².